The molecule has 21 heavy (non-hydrogen) atoms. The summed E-state index contributed by atoms with van der Waals surface area (Å²) in [6.07, 6.45) is -0.421. The van der Waals surface area contributed by atoms with Gasteiger partial charge in [-0.15, -0.1) is 0 Å². The molecule has 0 fully saturated rings. The number of rotatable bonds is 8. The van der Waals surface area contributed by atoms with Gasteiger partial charge in [0.1, 0.15) is 0 Å². The van der Waals surface area contributed by atoms with Gasteiger partial charge in [-0.05, 0) is 44.6 Å². The SMILES string of the molecule is CCN(CC(O)c1ccc(C(C)C)cc1)C(C)CN(C)C. The van der Waals surface area contributed by atoms with E-state index in [4.69, 9.17) is 0 Å². The number of aliphatic hydroxyl groups excluding tert-OH is 1. The van der Waals surface area contributed by atoms with Gasteiger partial charge in [-0.25, -0.2) is 0 Å². The molecule has 0 spiro atoms. The van der Waals surface area contributed by atoms with Crippen molar-refractivity contribution in [3.8, 4) is 0 Å². The van der Waals surface area contributed by atoms with E-state index in [1.54, 1.807) is 0 Å². The van der Waals surface area contributed by atoms with Gasteiger partial charge in [0.05, 0.1) is 6.10 Å². The molecule has 1 N–H and O–H groups in total. The van der Waals surface area contributed by atoms with Crippen LogP contribution >= 0.6 is 0 Å². The summed E-state index contributed by atoms with van der Waals surface area (Å²) in [5, 5.41) is 10.5. The van der Waals surface area contributed by atoms with Gasteiger partial charge >= 0.3 is 0 Å². The number of benzene rings is 1. The molecule has 2 unspecified atom stereocenters. The summed E-state index contributed by atoms with van der Waals surface area (Å²) < 4.78 is 0. The Kier molecular flexibility index (Phi) is 7.36. The van der Waals surface area contributed by atoms with Crippen molar-refractivity contribution in [2.24, 2.45) is 0 Å². The van der Waals surface area contributed by atoms with Crippen molar-refractivity contribution >= 4 is 0 Å². The van der Waals surface area contributed by atoms with Crippen LogP contribution in [0.25, 0.3) is 0 Å². The van der Waals surface area contributed by atoms with Crippen LogP contribution in [-0.4, -0.2) is 54.7 Å². The molecule has 120 valence electrons. The van der Waals surface area contributed by atoms with Crippen LogP contribution in [0.15, 0.2) is 24.3 Å². The third kappa shape index (κ3) is 5.77. The van der Waals surface area contributed by atoms with Gasteiger partial charge in [-0.3, -0.25) is 4.90 Å². The minimum atomic E-state index is -0.421. The number of likely N-dealkylation sites (N-methyl/N-ethyl adjacent to an activating group) is 2. The van der Waals surface area contributed by atoms with Gasteiger partial charge in [-0.1, -0.05) is 45.0 Å². The van der Waals surface area contributed by atoms with Crippen LogP contribution in [0, 0.1) is 0 Å². The molecular weight excluding hydrogens is 260 g/mol. The highest BCUT2D eigenvalue weighted by Gasteiger charge is 2.18. The number of nitrogens with zero attached hydrogens (tertiary/aromatic N) is 2. The zero-order chi connectivity index (χ0) is 16.0. The fraction of sp³-hybridized carbons (Fsp3) is 0.667. The number of aliphatic hydroxyl groups is 1. The molecule has 0 aliphatic heterocycles. The van der Waals surface area contributed by atoms with Crippen LogP contribution in [0.5, 0.6) is 0 Å². The maximum absolute atomic E-state index is 10.5. The van der Waals surface area contributed by atoms with Crippen molar-refractivity contribution in [3.05, 3.63) is 35.4 Å². The maximum Gasteiger partial charge on any atom is 0.0917 e. The van der Waals surface area contributed by atoms with Crippen LogP contribution in [0.4, 0.5) is 0 Å². The van der Waals surface area contributed by atoms with E-state index in [1.165, 1.54) is 5.56 Å². The fourth-order valence-electron chi connectivity index (χ4n) is 2.70. The average Bonchev–Trinajstić information content (AvgIpc) is 2.43. The summed E-state index contributed by atoms with van der Waals surface area (Å²) in [6.45, 7) is 11.4. The molecule has 0 bridgehead atoms. The minimum absolute atomic E-state index is 0.421. The zero-order valence-corrected chi connectivity index (χ0v) is 14.5. The molecule has 0 saturated heterocycles. The normalized spacial score (nSPS) is 15.0. The molecule has 0 aromatic heterocycles. The molecule has 3 nitrogen and oxygen atoms in total. The second-order valence-corrected chi connectivity index (χ2v) is 6.54. The number of hydrogen-bond acceptors (Lipinski definition) is 3. The molecule has 0 amide bonds. The molecule has 1 aromatic rings. The van der Waals surface area contributed by atoms with E-state index in [0.717, 1.165) is 18.7 Å². The molecule has 2 atom stereocenters. The van der Waals surface area contributed by atoms with Gasteiger partial charge in [0.2, 0.25) is 0 Å². The zero-order valence-electron chi connectivity index (χ0n) is 14.5. The van der Waals surface area contributed by atoms with Gasteiger partial charge in [-0.2, -0.15) is 0 Å². The van der Waals surface area contributed by atoms with Crippen LogP contribution < -0.4 is 0 Å². The Bertz CT molecular complexity index is 400. The molecule has 0 aliphatic rings. The standard InChI is InChI=1S/C18H32N2O/c1-7-20(15(4)12-19(5)6)13-18(21)17-10-8-16(9-11-17)14(2)3/h8-11,14-15,18,21H,7,12-13H2,1-6H3. The van der Waals surface area contributed by atoms with E-state index in [2.05, 4.69) is 75.9 Å². The summed E-state index contributed by atoms with van der Waals surface area (Å²) in [6, 6.07) is 8.81. The van der Waals surface area contributed by atoms with Crippen molar-refractivity contribution < 1.29 is 5.11 Å². The number of hydrogen-bond donors (Lipinski definition) is 1. The van der Waals surface area contributed by atoms with E-state index < -0.39 is 6.10 Å². The van der Waals surface area contributed by atoms with E-state index in [0.29, 0.717) is 18.5 Å². The van der Waals surface area contributed by atoms with Crippen molar-refractivity contribution in [1.82, 2.24) is 9.80 Å². The van der Waals surface area contributed by atoms with Gasteiger partial charge in [0.25, 0.3) is 0 Å². The lowest BCUT2D eigenvalue weighted by Gasteiger charge is -2.31. The largest absolute Gasteiger partial charge is 0.387 e. The van der Waals surface area contributed by atoms with Crippen LogP contribution in [-0.2, 0) is 0 Å². The summed E-state index contributed by atoms with van der Waals surface area (Å²) in [5.74, 6) is 0.531. The molecule has 1 rings (SSSR count). The summed E-state index contributed by atoms with van der Waals surface area (Å²) >= 11 is 0. The van der Waals surface area contributed by atoms with E-state index >= 15 is 0 Å². The van der Waals surface area contributed by atoms with Crippen molar-refractivity contribution in [2.45, 2.75) is 45.8 Å². The quantitative estimate of drug-likeness (QED) is 0.797. The Morgan fingerprint density at radius 1 is 0.952 bits per heavy atom. The van der Waals surface area contributed by atoms with E-state index in [9.17, 15) is 5.11 Å². The first kappa shape index (κ1) is 18.1. The molecule has 0 heterocycles. The molecular formula is C18H32N2O. The third-order valence-corrected chi connectivity index (χ3v) is 4.05. The second kappa shape index (κ2) is 8.52. The van der Waals surface area contributed by atoms with E-state index in [-0.39, 0.29) is 0 Å². The first-order valence-electron chi connectivity index (χ1n) is 8.01. The van der Waals surface area contributed by atoms with Crippen LogP contribution in [0.3, 0.4) is 0 Å². The Labute approximate surface area is 130 Å². The Morgan fingerprint density at radius 2 is 1.48 bits per heavy atom. The van der Waals surface area contributed by atoms with Gasteiger partial charge in [0.15, 0.2) is 0 Å². The predicted molar refractivity (Wildman–Crippen MR) is 90.8 cm³/mol. The molecule has 0 radical (unpaired) electrons. The maximum atomic E-state index is 10.5. The average molecular weight is 292 g/mol. The second-order valence-electron chi connectivity index (χ2n) is 6.54. The smallest absolute Gasteiger partial charge is 0.0917 e. The topological polar surface area (TPSA) is 26.7 Å². The molecule has 3 heteroatoms. The van der Waals surface area contributed by atoms with E-state index in [1.807, 2.05) is 0 Å². The van der Waals surface area contributed by atoms with Crippen molar-refractivity contribution in [1.29, 1.82) is 0 Å². The third-order valence-electron chi connectivity index (χ3n) is 4.05. The van der Waals surface area contributed by atoms with Crippen LogP contribution in [0.2, 0.25) is 0 Å². The first-order valence-corrected chi connectivity index (χ1v) is 8.01. The monoisotopic (exact) mass is 292 g/mol. The predicted octanol–water partition coefficient (Wildman–Crippen LogP) is 3.12. The van der Waals surface area contributed by atoms with Crippen LogP contribution in [0.1, 0.15) is 50.8 Å². The Balaban J connectivity index is 2.67. The van der Waals surface area contributed by atoms with Gasteiger partial charge in [0, 0.05) is 19.1 Å². The highest BCUT2D eigenvalue weighted by molar-refractivity contribution is 5.26. The lowest BCUT2D eigenvalue weighted by molar-refractivity contribution is 0.0859. The Hall–Kier alpha value is -0.900. The lowest BCUT2D eigenvalue weighted by Crippen LogP contribution is -2.42. The van der Waals surface area contributed by atoms with Crippen molar-refractivity contribution in [3.63, 3.8) is 0 Å². The first-order chi connectivity index (χ1) is 9.85. The molecule has 0 aliphatic carbocycles. The minimum Gasteiger partial charge on any atom is -0.387 e. The summed E-state index contributed by atoms with van der Waals surface area (Å²) in [4.78, 5) is 4.53. The molecule has 0 saturated carbocycles. The highest BCUT2D eigenvalue weighted by Crippen LogP contribution is 2.20. The highest BCUT2D eigenvalue weighted by atomic mass is 16.3. The van der Waals surface area contributed by atoms with Gasteiger partial charge < -0.3 is 10.0 Å². The lowest BCUT2D eigenvalue weighted by atomic mass is 9.99. The summed E-state index contributed by atoms with van der Waals surface area (Å²) in [5.41, 5.74) is 2.33. The van der Waals surface area contributed by atoms with Crippen molar-refractivity contribution in [2.75, 3.05) is 33.7 Å². The fourth-order valence-corrected chi connectivity index (χ4v) is 2.70. The summed E-state index contributed by atoms with van der Waals surface area (Å²) in [7, 11) is 4.18. The Morgan fingerprint density at radius 3 is 1.90 bits per heavy atom. The molecule has 1 aromatic carbocycles.